The molecular weight excluding hydrogens is 282 g/mol. The quantitative estimate of drug-likeness (QED) is 0.781. The van der Waals surface area contributed by atoms with Gasteiger partial charge in [0.2, 0.25) is 0 Å². The van der Waals surface area contributed by atoms with Crippen molar-refractivity contribution in [2.24, 2.45) is 0 Å². The Morgan fingerprint density at radius 3 is 2.76 bits per heavy atom. The summed E-state index contributed by atoms with van der Waals surface area (Å²) in [6.45, 7) is 2.94. The van der Waals surface area contributed by atoms with Gasteiger partial charge >= 0.3 is 0 Å². The molecule has 0 aliphatic heterocycles. The topological polar surface area (TPSA) is 47.0 Å². The molecule has 1 aromatic carbocycles. The first kappa shape index (κ1) is 13.8. The third-order valence-corrected chi connectivity index (χ3v) is 4.42. The van der Waals surface area contributed by atoms with Gasteiger partial charge < -0.3 is 10.1 Å². The summed E-state index contributed by atoms with van der Waals surface area (Å²) in [5.74, 6) is 1.81. The van der Waals surface area contributed by atoms with Gasteiger partial charge in [-0.15, -0.1) is 11.3 Å². The van der Waals surface area contributed by atoms with Gasteiger partial charge in [0.05, 0.1) is 12.5 Å². The first-order chi connectivity index (χ1) is 10.3. The van der Waals surface area contributed by atoms with E-state index in [1.807, 2.05) is 12.1 Å². The maximum Gasteiger partial charge on any atom is 0.138 e. The van der Waals surface area contributed by atoms with Crippen LogP contribution in [0.4, 0.5) is 5.82 Å². The highest BCUT2D eigenvalue weighted by Crippen LogP contribution is 2.28. The van der Waals surface area contributed by atoms with Gasteiger partial charge in [-0.3, -0.25) is 0 Å². The van der Waals surface area contributed by atoms with Crippen LogP contribution in [-0.4, -0.2) is 23.6 Å². The first-order valence-electron chi connectivity index (χ1n) is 6.83. The minimum Gasteiger partial charge on any atom is -0.497 e. The first-order valence-corrected chi connectivity index (χ1v) is 7.71. The molecule has 4 nitrogen and oxygen atoms in total. The molecule has 0 fully saturated rings. The summed E-state index contributed by atoms with van der Waals surface area (Å²) in [6.07, 6.45) is 2.56. The summed E-state index contributed by atoms with van der Waals surface area (Å²) in [4.78, 5) is 9.70. The third kappa shape index (κ3) is 2.97. The summed E-state index contributed by atoms with van der Waals surface area (Å²) in [7, 11) is 1.68. The highest BCUT2D eigenvalue weighted by Gasteiger charge is 2.07. The van der Waals surface area contributed by atoms with Crippen LogP contribution in [0.2, 0.25) is 0 Å². The lowest BCUT2D eigenvalue weighted by Crippen LogP contribution is -2.07. The molecule has 1 N–H and O–H groups in total. The molecule has 0 radical (unpaired) electrons. The number of anilines is 1. The number of rotatable bonds is 5. The second kappa shape index (κ2) is 6.10. The summed E-state index contributed by atoms with van der Waals surface area (Å²) in [6, 6.07) is 8.15. The average Bonchev–Trinajstić information content (AvgIpc) is 2.90. The number of hydrogen-bond acceptors (Lipinski definition) is 5. The highest BCUT2D eigenvalue weighted by atomic mass is 32.1. The van der Waals surface area contributed by atoms with Gasteiger partial charge in [-0.1, -0.05) is 12.1 Å². The van der Waals surface area contributed by atoms with E-state index >= 15 is 0 Å². The molecule has 21 heavy (non-hydrogen) atoms. The van der Waals surface area contributed by atoms with Crippen LogP contribution in [0.15, 0.2) is 36.0 Å². The fraction of sp³-hybridized carbons (Fsp3) is 0.250. The Morgan fingerprint density at radius 2 is 2.00 bits per heavy atom. The van der Waals surface area contributed by atoms with Crippen LogP contribution in [-0.2, 0) is 6.42 Å². The number of methoxy groups -OCH3 is 1. The number of nitrogens with one attached hydrogen (secondary N) is 1. The van der Waals surface area contributed by atoms with Crippen LogP contribution in [0.3, 0.4) is 0 Å². The molecular formula is C16H17N3OS. The third-order valence-electron chi connectivity index (χ3n) is 3.42. The molecule has 5 heteroatoms. The van der Waals surface area contributed by atoms with Gasteiger partial charge in [-0.2, -0.15) is 0 Å². The van der Waals surface area contributed by atoms with E-state index in [1.165, 1.54) is 11.1 Å². The lowest BCUT2D eigenvalue weighted by molar-refractivity contribution is 0.414. The zero-order valence-corrected chi connectivity index (χ0v) is 12.9. The van der Waals surface area contributed by atoms with Crippen molar-refractivity contribution in [2.45, 2.75) is 13.3 Å². The Kier molecular flexibility index (Phi) is 4.01. The fourth-order valence-electron chi connectivity index (χ4n) is 2.27. The second-order valence-electron chi connectivity index (χ2n) is 4.85. The number of benzene rings is 1. The molecule has 0 unspecified atom stereocenters. The number of fused-ring (bicyclic) bond motifs is 1. The van der Waals surface area contributed by atoms with Gasteiger partial charge in [0, 0.05) is 6.54 Å². The predicted octanol–water partition coefficient (Wildman–Crippen LogP) is 3.66. The molecule has 0 atom stereocenters. The van der Waals surface area contributed by atoms with Gasteiger partial charge in [-0.25, -0.2) is 9.97 Å². The molecule has 0 saturated heterocycles. The normalized spacial score (nSPS) is 10.8. The fourth-order valence-corrected chi connectivity index (χ4v) is 3.16. The van der Waals surface area contributed by atoms with Gasteiger partial charge in [0.1, 0.15) is 22.7 Å². The van der Waals surface area contributed by atoms with E-state index in [0.717, 1.165) is 34.7 Å². The van der Waals surface area contributed by atoms with Crippen LogP contribution in [0.5, 0.6) is 5.75 Å². The van der Waals surface area contributed by atoms with E-state index in [9.17, 15) is 0 Å². The van der Waals surface area contributed by atoms with E-state index in [-0.39, 0.29) is 0 Å². The zero-order chi connectivity index (χ0) is 14.7. The Labute approximate surface area is 127 Å². The summed E-state index contributed by atoms with van der Waals surface area (Å²) < 4.78 is 5.16. The van der Waals surface area contributed by atoms with Gasteiger partial charge in [-0.05, 0) is 42.0 Å². The Bertz CT molecular complexity index is 737. The van der Waals surface area contributed by atoms with Crippen LogP contribution < -0.4 is 10.1 Å². The van der Waals surface area contributed by atoms with Crippen LogP contribution in [0, 0.1) is 6.92 Å². The second-order valence-corrected chi connectivity index (χ2v) is 5.70. The lowest BCUT2D eigenvalue weighted by Gasteiger charge is -2.08. The Morgan fingerprint density at radius 1 is 1.19 bits per heavy atom. The molecule has 2 heterocycles. The minimum atomic E-state index is 0.841. The number of hydrogen-bond donors (Lipinski definition) is 1. The van der Waals surface area contributed by atoms with Crippen molar-refractivity contribution in [3.8, 4) is 5.75 Å². The molecule has 108 valence electrons. The number of nitrogens with zero attached hydrogens (tertiary/aromatic N) is 2. The Balaban J connectivity index is 1.67. The number of aromatic nitrogens is 2. The largest absolute Gasteiger partial charge is 0.497 e. The van der Waals surface area contributed by atoms with Crippen LogP contribution in [0.1, 0.15) is 11.1 Å². The van der Waals surface area contributed by atoms with Gasteiger partial charge in [0.25, 0.3) is 0 Å². The van der Waals surface area contributed by atoms with Crippen molar-refractivity contribution in [1.82, 2.24) is 9.97 Å². The van der Waals surface area contributed by atoms with E-state index in [1.54, 1.807) is 24.8 Å². The molecule has 0 amide bonds. The number of thiophene rings is 1. The molecule has 0 spiro atoms. The monoisotopic (exact) mass is 299 g/mol. The minimum absolute atomic E-state index is 0.841. The van der Waals surface area contributed by atoms with Crippen molar-refractivity contribution in [2.75, 3.05) is 19.0 Å². The standard InChI is InChI=1S/C16H17N3OS/c1-11-9-21-16-14(11)15(18-10-19-16)17-8-7-12-3-5-13(20-2)6-4-12/h3-6,9-10H,7-8H2,1-2H3,(H,17,18,19). The molecule has 0 aliphatic carbocycles. The van der Waals surface area contributed by atoms with Crippen LogP contribution in [0.25, 0.3) is 10.2 Å². The van der Waals surface area contributed by atoms with Crippen molar-refractivity contribution in [1.29, 1.82) is 0 Å². The Hall–Kier alpha value is -2.14. The maximum atomic E-state index is 5.16. The number of aryl methyl sites for hydroxylation is 1. The highest BCUT2D eigenvalue weighted by molar-refractivity contribution is 7.17. The van der Waals surface area contributed by atoms with Crippen molar-refractivity contribution in [3.05, 3.63) is 47.1 Å². The number of ether oxygens (including phenoxy) is 1. The van der Waals surface area contributed by atoms with Crippen molar-refractivity contribution >= 4 is 27.4 Å². The molecule has 0 aliphatic rings. The molecule has 3 rings (SSSR count). The SMILES string of the molecule is COc1ccc(CCNc2ncnc3scc(C)c23)cc1. The average molecular weight is 299 g/mol. The zero-order valence-electron chi connectivity index (χ0n) is 12.1. The van der Waals surface area contributed by atoms with E-state index in [4.69, 9.17) is 4.74 Å². The smallest absolute Gasteiger partial charge is 0.138 e. The lowest BCUT2D eigenvalue weighted by atomic mass is 10.1. The van der Waals surface area contributed by atoms with Crippen molar-refractivity contribution in [3.63, 3.8) is 0 Å². The van der Waals surface area contributed by atoms with E-state index in [2.05, 4.69) is 39.7 Å². The molecule has 0 saturated carbocycles. The van der Waals surface area contributed by atoms with Crippen LogP contribution >= 0.6 is 11.3 Å². The summed E-state index contributed by atoms with van der Waals surface area (Å²) >= 11 is 1.66. The van der Waals surface area contributed by atoms with Crippen molar-refractivity contribution < 1.29 is 4.74 Å². The summed E-state index contributed by atoms with van der Waals surface area (Å²) in [5.41, 5.74) is 2.50. The molecule has 2 aromatic heterocycles. The molecule has 0 bridgehead atoms. The van der Waals surface area contributed by atoms with Gasteiger partial charge in [0.15, 0.2) is 0 Å². The summed E-state index contributed by atoms with van der Waals surface area (Å²) in [5, 5.41) is 6.67. The molecule has 3 aromatic rings. The predicted molar refractivity (Wildman–Crippen MR) is 87.3 cm³/mol. The maximum absolute atomic E-state index is 5.16. The van der Waals surface area contributed by atoms with E-state index in [0.29, 0.717) is 0 Å². The van der Waals surface area contributed by atoms with E-state index < -0.39 is 0 Å².